The monoisotopic (exact) mass is 388 g/mol. The predicted octanol–water partition coefficient (Wildman–Crippen LogP) is 8.21. The molecule has 0 heterocycles. The van der Waals surface area contributed by atoms with Crippen molar-refractivity contribution >= 4 is 5.78 Å². The number of hydrogen-bond donors (Lipinski definition) is 0. The molecule has 0 saturated heterocycles. The first-order valence-corrected chi connectivity index (χ1v) is 13.0. The summed E-state index contributed by atoms with van der Waals surface area (Å²) >= 11 is 0. The Bertz CT molecular complexity index is 524. The van der Waals surface area contributed by atoms with Crippen molar-refractivity contribution in [3.63, 3.8) is 0 Å². The molecule has 1 heteroatoms. The van der Waals surface area contributed by atoms with Crippen molar-refractivity contribution in [2.45, 2.75) is 125 Å². The maximum Gasteiger partial charge on any atom is 0.132 e. The van der Waals surface area contributed by atoms with Crippen molar-refractivity contribution in [3.8, 4) is 0 Å². The molecule has 0 amide bonds. The van der Waals surface area contributed by atoms with Gasteiger partial charge >= 0.3 is 0 Å². The topological polar surface area (TPSA) is 17.1 Å². The first-order valence-electron chi connectivity index (χ1n) is 13.0. The number of carbonyl (C=O) groups excluding carboxylic acids is 1. The lowest BCUT2D eigenvalue weighted by Gasteiger charge is -2.60. The molecule has 0 aromatic carbocycles. The smallest absolute Gasteiger partial charge is 0.132 e. The van der Waals surface area contributed by atoms with Crippen LogP contribution in [0.15, 0.2) is 0 Å². The minimum absolute atomic E-state index is 0.469. The number of Topliss-reactive ketones (excluding diaryl/α,β-unsaturated/α-hetero) is 1. The Hall–Kier alpha value is -0.330. The highest BCUT2D eigenvalue weighted by Gasteiger charge is 2.59. The normalized spacial score (nSPS) is 44.5. The number of fused-ring (bicyclic) bond motifs is 5. The second-order valence-electron chi connectivity index (χ2n) is 11.0. The number of hydrogen-bond acceptors (Lipinski definition) is 1. The van der Waals surface area contributed by atoms with Crippen LogP contribution in [0.3, 0.4) is 0 Å². The summed E-state index contributed by atoms with van der Waals surface area (Å²) in [7, 11) is 0. The van der Waals surface area contributed by atoms with E-state index in [0.29, 0.717) is 16.6 Å². The minimum Gasteiger partial charge on any atom is -0.300 e. The molecule has 0 spiro atoms. The fourth-order valence-corrected chi connectivity index (χ4v) is 8.60. The summed E-state index contributed by atoms with van der Waals surface area (Å²) in [4.78, 5) is 11.7. The van der Waals surface area contributed by atoms with Crippen molar-refractivity contribution in [3.05, 3.63) is 0 Å². The SMILES string of the molecule is CC.CCC(=O)CCCC1CCC2[C@@H]3CC[C@@H]4CCCC[C@]4(C)C3CC[C@]12C. The van der Waals surface area contributed by atoms with Gasteiger partial charge in [-0.15, -0.1) is 0 Å². The van der Waals surface area contributed by atoms with Gasteiger partial charge in [0.1, 0.15) is 5.78 Å². The number of rotatable bonds is 5. The molecule has 4 aliphatic carbocycles. The summed E-state index contributed by atoms with van der Waals surface area (Å²) < 4.78 is 0. The summed E-state index contributed by atoms with van der Waals surface area (Å²) in [6.45, 7) is 11.4. The standard InChI is InChI=1S/C25H42O.C2H6/c1-4-20(26)10-7-9-19-12-14-22-21-13-11-18-8-5-6-16-24(18,2)23(21)15-17-25(19,22)3;1-2/h18-19,21-23H,4-17H2,1-3H3;1-2H3/t18-,19?,21-,22?,23?,24-,25+;/m0./s1. The summed E-state index contributed by atoms with van der Waals surface area (Å²) in [5.74, 6) is 5.45. The quantitative estimate of drug-likeness (QED) is 0.463. The predicted molar refractivity (Wildman–Crippen MR) is 120 cm³/mol. The Morgan fingerprint density at radius 1 is 0.857 bits per heavy atom. The third kappa shape index (κ3) is 3.85. The van der Waals surface area contributed by atoms with E-state index in [-0.39, 0.29) is 0 Å². The van der Waals surface area contributed by atoms with E-state index in [9.17, 15) is 4.79 Å². The Kier molecular flexibility index (Phi) is 7.36. The lowest BCUT2D eigenvalue weighted by molar-refractivity contribution is -0.119. The van der Waals surface area contributed by atoms with Gasteiger partial charge in [0.25, 0.3) is 0 Å². The van der Waals surface area contributed by atoms with Crippen LogP contribution >= 0.6 is 0 Å². The van der Waals surface area contributed by atoms with Crippen LogP contribution in [-0.4, -0.2) is 5.78 Å². The number of ketones is 1. The Labute approximate surface area is 175 Å². The molecule has 0 aliphatic heterocycles. The van der Waals surface area contributed by atoms with Crippen LogP contribution in [0, 0.1) is 40.4 Å². The van der Waals surface area contributed by atoms with Gasteiger partial charge in [-0.1, -0.05) is 47.5 Å². The molecule has 4 fully saturated rings. The molecule has 0 aromatic rings. The van der Waals surface area contributed by atoms with Crippen molar-refractivity contribution in [2.24, 2.45) is 40.4 Å². The molecule has 0 radical (unpaired) electrons. The second-order valence-corrected chi connectivity index (χ2v) is 11.0. The van der Waals surface area contributed by atoms with E-state index in [1.54, 1.807) is 0 Å². The van der Waals surface area contributed by atoms with Gasteiger partial charge in [-0.2, -0.15) is 0 Å². The third-order valence-electron chi connectivity index (χ3n) is 10.2. The highest BCUT2D eigenvalue weighted by Crippen LogP contribution is 2.67. The summed E-state index contributed by atoms with van der Waals surface area (Å²) in [5, 5.41) is 0. The maximum atomic E-state index is 11.7. The molecule has 28 heavy (non-hydrogen) atoms. The van der Waals surface area contributed by atoms with Crippen LogP contribution in [0.5, 0.6) is 0 Å². The largest absolute Gasteiger partial charge is 0.300 e. The third-order valence-corrected chi connectivity index (χ3v) is 10.2. The van der Waals surface area contributed by atoms with Crippen LogP contribution in [0.4, 0.5) is 0 Å². The Balaban J connectivity index is 0.00000109. The maximum absolute atomic E-state index is 11.7. The van der Waals surface area contributed by atoms with E-state index < -0.39 is 0 Å². The molecule has 162 valence electrons. The first kappa shape index (κ1) is 22.4. The molecule has 3 unspecified atom stereocenters. The van der Waals surface area contributed by atoms with Crippen molar-refractivity contribution in [1.82, 2.24) is 0 Å². The van der Waals surface area contributed by atoms with Gasteiger partial charge in [0.2, 0.25) is 0 Å². The van der Waals surface area contributed by atoms with Crippen molar-refractivity contribution in [1.29, 1.82) is 0 Å². The average molecular weight is 389 g/mol. The molecule has 0 aromatic heterocycles. The minimum atomic E-state index is 0.469. The van der Waals surface area contributed by atoms with E-state index in [4.69, 9.17) is 0 Å². The zero-order valence-electron chi connectivity index (χ0n) is 19.7. The van der Waals surface area contributed by atoms with E-state index in [1.165, 1.54) is 70.6 Å². The second kappa shape index (κ2) is 9.22. The molecule has 0 bridgehead atoms. The van der Waals surface area contributed by atoms with Crippen molar-refractivity contribution < 1.29 is 4.79 Å². The van der Waals surface area contributed by atoms with Gasteiger partial charge < -0.3 is 0 Å². The molecule has 4 rings (SSSR count). The highest BCUT2D eigenvalue weighted by atomic mass is 16.1. The van der Waals surface area contributed by atoms with Gasteiger partial charge in [-0.25, -0.2) is 0 Å². The molecular formula is C27H48O. The Morgan fingerprint density at radius 2 is 1.61 bits per heavy atom. The molecule has 4 aliphatic rings. The van der Waals surface area contributed by atoms with Gasteiger partial charge in [0.15, 0.2) is 0 Å². The van der Waals surface area contributed by atoms with Gasteiger partial charge in [-0.3, -0.25) is 4.79 Å². The molecule has 0 N–H and O–H groups in total. The zero-order chi connectivity index (χ0) is 20.4. The van der Waals surface area contributed by atoms with Gasteiger partial charge in [-0.05, 0) is 105 Å². The molecule has 1 nitrogen and oxygen atoms in total. The summed E-state index contributed by atoms with van der Waals surface area (Å²) in [6, 6.07) is 0. The van der Waals surface area contributed by atoms with Crippen LogP contribution in [-0.2, 0) is 4.79 Å². The first-order chi connectivity index (χ1) is 13.5. The van der Waals surface area contributed by atoms with Crippen LogP contribution < -0.4 is 0 Å². The van der Waals surface area contributed by atoms with E-state index >= 15 is 0 Å². The fourth-order valence-electron chi connectivity index (χ4n) is 8.60. The fraction of sp³-hybridized carbons (Fsp3) is 0.963. The molecular weight excluding hydrogens is 340 g/mol. The Morgan fingerprint density at radius 3 is 2.36 bits per heavy atom. The van der Waals surface area contributed by atoms with Crippen LogP contribution in [0.25, 0.3) is 0 Å². The van der Waals surface area contributed by atoms with Crippen LogP contribution in [0.1, 0.15) is 125 Å². The highest BCUT2D eigenvalue weighted by molar-refractivity contribution is 5.77. The molecule has 7 atom stereocenters. The van der Waals surface area contributed by atoms with E-state index in [0.717, 1.165) is 48.9 Å². The molecule has 4 saturated carbocycles. The lowest BCUT2D eigenvalue weighted by atomic mass is 9.45. The summed E-state index contributed by atoms with van der Waals surface area (Å²) in [6.07, 6.45) is 19.0. The zero-order valence-corrected chi connectivity index (χ0v) is 19.7. The summed E-state index contributed by atoms with van der Waals surface area (Å²) in [5.41, 5.74) is 1.27. The van der Waals surface area contributed by atoms with E-state index in [1.807, 2.05) is 20.8 Å². The van der Waals surface area contributed by atoms with Crippen LogP contribution in [0.2, 0.25) is 0 Å². The number of carbonyl (C=O) groups is 1. The lowest BCUT2D eigenvalue weighted by Crippen LogP contribution is -2.52. The van der Waals surface area contributed by atoms with Crippen molar-refractivity contribution in [2.75, 3.05) is 0 Å². The van der Waals surface area contributed by atoms with Gasteiger partial charge in [0.05, 0.1) is 0 Å². The van der Waals surface area contributed by atoms with E-state index in [2.05, 4.69) is 13.8 Å². The average Bonchev–Trinajstić information content (AvgIpc) is 3.05. The van der Waals surface area contributed by atoms with Gasteiger partial charge in [0, 0.05) is 12.8 Å².